The van der Waals surface area contributed by atoms with Gasteiger partial charge in [-0.15, -0.1) is 0 Å². The highest BCUT2D eigenvalue weighted by Crippen LogP contribution is 2.40. The highest BCUT2D eigenvalue weighted by Gasteiger charge is 2.17. The SMILES string of the molecule is COc1cc(-c2n[nH]c(=S)n2N=Cc2ccc(-c3ccccc3)cc2)cc(OC)c1OC. The van der Waals surface area contributed by atoms with E-state index in [1.807, 2.05) is 30.3 Å². The van der Waals surface area contributed by atoms with E-state index in [2.05, 4.69) is 39.6 Å². The molecular weight excluding hydrogens is 424 g/mol. The van der Waals surface area contributed by atoms with Gasteiger partial charge in [-0.05, 0) is 41.0 Å². The Morgan fingerprint density at radius 3 is 2.06 bits per heavy atom. The van der Waals surface area contributed by atoms with Crippen LogP contribution in [0.5, 0.6) is 17.2 Å². The Morgan fingerprint density at radius 1 is 0.844 bits per heavy atom. The van der Waals surface area contributed by atoms with E-state index in [1.165, 1.54) is 0 Å². The van der Waals surface area contributed by atoms with Crippen LogP contribution in [0.4, 0.5) is 0 Å². The minimum Gasteiger partial charge on any atom is -0.493 e. The summed E-state index contributed by atoms with van der Waals surface area (Å²) in [5.41, 5.74) is 3.95. The molecule has 1 heterocycles. The third-order valence-corrected chi connectivity index (χ3v) is 5.18. The minimum atomic E-state index is 0.367. The molecule has 4 rings (SSSR count). The van der Waals surface area contributed by atoms with Crippen molar-refractivity contribution in [2.24, 2.45) is 5.10 Å². The second-order valence-electron chi connectivity index (χ2n) is 6.81. The van der Waals surface area contributed by atoms with E-state index in [-0.39, 0.29) is 0 Å². The monoisotopic (exact) mass is 446 g/mol. The Morgan fingerprint density at radius 2 is 1.47 bits per heavy atom. The Bertz CT molecular complexity index is 1270. The maximum Gasteiger partial charge on any atom is 0.216 e. The molecule has 162 valence electrons. The number of aromatic nitrogens is 3. The van der Waals surface area contributed by atoms with Gasteiger partial charge in [-0.1, -0.05) is 54.6 Å². The van der Waals surface area contributed by atoms with Crippen molar-refractivity contribution in [3.8, 4) is 39.8 Å². The number of hydrogen-bond donors (Lipinski definition) is 1. The quantitative estimate of drug-likeness (QED) is 0.313. The Balaban J connectivity index is 1.67. The molecule has 0 aliphatic rings. The lowest BCUT2D eigenvalue weighted by Gasteiger charge is -2.13. The van der Waals surface area contributed by atoms with E-state index in [1.54, 1.807) is 44.4 Å². The Hall–Kier alpha value is -3.91. The van der Waals surface area contributed by atoms with Crippen LogP contribution in [-0.4, -0.2) is 42.4 Å². The maximum atomic E-state index is 5.45. The van der Waals surface area contributed by atoms with Crippen LogP contribution in [0.1, 0.15) is 5.56 Å². The number of methoxy groups -OCH3 is 3. The van der Waals surface area contributed by atoms with Crippen LogP contribution in [0.3, 0.4) is 0 Å². The van der Waals surface area contributed by atoms with Gasteiger partial charge < -0.3 is 14.2 Å². The molecule has 0 aliphatic heterocycles. The van der Waals surface area contributed by atoms with Crippen LogP contribution in [-0.2, 0) is 0 Å². The predicted octanol–water partition coefficient (Wildman–Crippen LogP) is 5.18. The number of ether oxygens (including phenoxy) is 3. The molecule has 32 heavy (non-hydrogen) atoms. The van der Waals surface area contributed by atoms with Gasteiger partial charge >= 0.3 is 0 Å². The molecule has 0 radical (unpaired) electrons. The lowest BCUT2D eigenvalue weighted by Crippen LogP contribution is -1.99. The predicted molar refractivity (Wildman–Crippen MR) is 127 cm³/mol. The number of benzene rings is 3. The van der Waals surface area contributed by atoms with Crippen molar-refractivity contribution in [3.63, 3.8) is 0 Å². The fourth-order valence-corrected chi connectivity index (χ4v) is 3.49. The Labute approximate surface area is 190 Å². The number of rotatable bonds is 7. The first-order valence-electron chi connectivity index (χ1n) is 9.82. The number of nitrogens with zero attached hydrogens (tertiary/aromatic N) is 3. The largest absolute Gasteiger partial charge is 0.493 e. The summed E-state index contributed by atoms with van der Waals surface area (Å²) >= 11 is 5.39. The van der Waals surface area contributed by atoms with Crippen molar-refractivity contribution in [2.75, 3.05) is 21.3 Å². The molecule has 0 atom stereocenters. The highest BCUT2D eigenvalue weighted by molar-refractivity contribution is 7.71. The standard InChI is InChI=1S/C24H22N4O3S/c1-29-20-13-19(14-21(30-2)22(20)31-3)23-26-27-24(32)28(23)25-15-16-9-11-18(12-10-16)17-7-5-4-6-8-17/h4-15H,1-3H3,(H,27,32). The molecule has 0 aliphatic carbocycles. The lowest BCUT2D eigenvalue weighted by atomic mass is 10.0. The Kier molecular flexibility index (Phi) is 6.32. The van der Waals surface area contributed by atoms with Gasteiger partial charge in [-0.25, -0.2) is 5.10 Å². The minimum absolute atomic E-state index is 0.367. The van der Waals surface area contributed by atoms with Gasteiger partial charge in [0, 0.05) is 5.56 Å². The summed E-state index contributed by atoms with van der Waals surface area (Å²) < 4.78 is 18.2. The highest BCUT2D eigenvalue weighted by atomic mass is 32.1. The molecule has 1 aromatic heterocycles. The van der Waals surface area contributed by atoms with Crippen molar-refractivity contribution in [1.82, 2.24) is 14.9 Å². The van der Waals surface area contributed by atoms with Gasteiger partial charge in [-0.3, -0.25) is 0 Å². The molecule has 0 fully saturated rings. The molecule has 0 saturated heterocycles. The van der Waals surface area contributed by atoms with Gasteiger partial charge in [0.15, 0.2) is 17.3 Å². The molecule has 1 N–H and O–H groups in total. The average molecular weight is 447 g/mol. The van der Waals surface area contributed by atoms with Crippen molar-refractivity contribution in [3.05, 3.63) is 77.1 Å². The lowest BCUT2D eigenvalue weighted by molar-refractivity contribution is 0.324. The summed E-state index contributed by atoms with van der Waals surface area (Å²) in [6.07, 6.45) is 1.74. The summed E-state index contributed by atoms with van der Waals surface area (Å²) in [4.78, 5) is 0. The molecule has 7 nitrogen and oxygen atoms in total. The van der Waals surface area contributed by atoms with E-state index in [9.17, 15) is 0 Å². The molecule has 0 amide bonds. The topological polar surface area (TPSA) is 73.7 Å². The number of hydrogen-bond acceptors (Lipinski definition) is 6. The van der Waals surface area contributed by atoms with Crippen molar-refractivity contribution in [2.45, 2.75) is 0 Å². The fourth-order valence-electron chi connectivity index (χ4n) is 3.31. The summed E-state index contributed by atoms with van der Waals surface area (Å²) in [5.74, 6) is 2.05. The van der Waals surface area contributed by atoms with Crippen LogP contribution < -0.4 is 14.2 Å². The van der Waals surface area contributed by atoms with Crippen LogP contribution in [0.15, 0.2) is 71.8 Å². The third-order valence-electron chi connectivity index (χ3n) is 4.91. The van der Waals surface area contributed by atoms with Gasteiger partial charge in [0.2, 0.25) is 10.5 Å². The van der Waals surface area contributed by atoms with Crippen LogP contribution in [0.2, 0.25) is 0 Å². The van der Waals surface area contributed by atoms with Crippen LogP contribution in [0.25, 0.3) is 22.5 Å². The van der Waals surface area contributed by atoms with E-state index in [0.717, 1.165) is 16.7 Å². The zero-order chi connectivity index (χ0) is 22.5. The van der Waals surface area contributed by atoms with E-state index < -0.39 is 0 Å². The second kappa shape index (κ2) is 9.49. The van der Waals surface area contributed by atoms with Gasteiger partial charge in [0.25, 0.3) is 0 Å². The summed E-state index contributed by atoms with van der Waals surface area (Å²) in [5, 5.41) is 11.7. The van der Waals surface area contributed by atoms with Gasteiger partial charge in [-0.2, -0.15) is 14.9 Å². The molecule has 0 saturated carbocycles. The summed E-state index contributed by atoms with van der Waals surface area (Å²) in [7, 11) is 4.69. The second-order valence-corrected chi connectivity index (χ2v) is 7.20. The van der Waals surface area contributed by atoms with Crippen LogP contribution in [0, 0.1) is 4.77 Å². The van der Waals surface area contributed by atoms with E-state index in [0.29, 0.717) is 33.4 Å². The molecular formula is C24H22N4O3S. The van der Waals surface area contributed by atoms with Crippen molar-refractivity contribution >= 4 is 18.4 Å². The first-order valence-corrected chi connectivity index (χ1v) is 10.2. The third kappa shape index (κ3) is 4.26. The first kappa shape index (κ1) is 21.3. The first-order chi connectivity index (χ1) is 15.6. The molecule has 0 bridgehead atoms. The molecule has 0 unspecified atom stereocenters. The smallest absolute Gasteiger partial charge is 0.216 e. The zero-order valence-electron chi connectivity index (χ0n) is 17.9. The normalized spacial score (nSPS) is 11.0. The van der Waals surface area contributed by atoms with E-state index in [4.69, 9.17) is 26.4 Å². The van der Waals surface area contributed by atoms with E-state index >= 15 is 0 Å². The van der Waals surface area contributed by atoms with Crippen molar-refractivity contribution in [1.29, 1.82) is 0 Å². The van der Waals surface area contributed by atoms with Crippen LogP contribution >= 0.6 is 12.2 Å². The molecule has 4 aromatic rings. The summed E-state index contributed by atoms with van der Waals surface area (Å²) in [6, 6.07) is 22.0. The van der Waals surface area contributed by atoms with Crippen molar-refractivity contribution < 1.29 is 14.2 Å². The average Bonchev–Trinajstić information content (AvgIpc) is 3.22. The number of nitrogens with one attached hydrogen (secondary N) is 1. The van der Waals surface area contributed by atoms with Gasteiger partial charge in [0.1, 0.15) is 0 Å². The molecule has 0 spiro atoms. The number of H-pyrrole nitrogens is 1. The summed E-state index contributed by atoms with van der Waals surface area (Å²) in [6.45, 7) is 0. The van der Waals surface area contributed by atoms with Gasteiger partial charge in [0.05, 0.1) is 27.5 Å². The number of aromatic amines is 1. The maximum absolute atomic E-state index is 5.45. The molecule has 3 aromatic carbocycles. The zero-order valence-corrected chi connectivity index (χ0v) is 18.7. The fraction of sp³-hybridized carbons (Fsp3) is 0.125. The molecule has 8 heteroatoms.